The quantitative estimate of drug-likeness (QED) is 0.791. The largest absolute Gasteiger partial charge is 0.444 e. The highest BCUT2D eigenvalue weighted by molar-refractivity contribution is 7.89. The number of alkyl carbamates (subject to hydrolysis) is 1. The molecule has 0 aliphatic heterocycles. The Balaban J connectivity index is 4.15. The monoisotopic (exact) mass is 280 g/mol. The van der Waals surface area contributed by atoms with Gasteiger partial charge in [0, 0.05) is 6.54 Å². The van der Waals surface area contributed by atoms with E-state index in [1.165, 1.54) is 0 Å². The third kappa shape index (κ3) is 10.3. The average Bonchev–Trinajstić information content (AvgIpc) is 2.08. The minimum atomic E-state index is -3.47. The Hall–Kier alpha value is -0.820. The molecule has 0 saturated carbocycles. The molecule has 0 radical (unpaired) electrons. The summed E-state index contributed by atoms with van der Waals surface area (Å²) in [5.41, 5.74) is -0.905. The van der Waals surface area contributed by atoms with Crippen molar-refractivity contribution in [3.05, 3.63) is 0 Å². The Morgan fingerprint density at radius 3 is 2.11 bits per heavy atom. The molecule has 18 heavy (non-hydrogen) atoms. The summed E-state index contributed by atoms with van der Waals surface area (Å²) in [6, 6.07) is 0. The van der Waals surface area contributed by atoms with Crippen LogP contribution in [0.5, 0.6) is 0 Å². The number of primary sulfonamides is 1. The molecule has 0 spiro atoms. The van der Waals surface area contributed by atoms with E-state index in [9.17, 15) is 13.2 Å². The maximum Gasteiger partial charge on any atom is 0.407 e. The van der Waals surface area contributed by atoms with E-state index in [0.717, 1.165) is 0 Å². The zero-order chi connectivity index (χ0) is 14.6. The molecule has 3 N–H and O–H groups in total. The number of nitrogens with one attached hydrogen (secondary N) is 1. The standard InChI is InChI=1S/C11H24N2O4S/c1-10(2,3)17-9(14)13-8-11(4,5)6-7-18(12,15)16/h6-8H2,1-5H3,(H,13,14)(H2,12,15,16). The molecule has 1 amide bonds. The van der Waals surface area contributed by atoms with E-state index in [-0.39, 0.29) is 11.2 Å². The molecule has 108 valence electrons. The van der Waals surface area contributed by atoms with Gasteiger partial charge in [0.25, 0.3) is 0 Å². The van der Waals surface area contributed by atoms with Gasteiger partial charge in [-0.15, -0.1) is 0 Å². The van der Waals surface area contributed by atoms with Crippen molar-refractivity contribution < 1.29 is 17.9 Å². The topological polar surface area (TPSA) is 98.5 Å². The van der Waals surface area contributed by atoms with Gasteiger partial charge in [-0.3, -0.25) is 0 Å². The van der Waals surface area contributed by atoms with E-state index in [4.69, 9.17) is 9.88 Å². The van der Waals surface area contributed by atoms with Crippen LogP contribution in [0.4, 0.5) is 4.79 Å². The third-order valence-electron chi connectivity index (χ3n) is 2.17. The zero-order valence-electron chi connectivity index (χ0n) is 11.7. The van der Waals surface area contributed by atoms with Gasteiger partial charge in [-0.1, -0.05) is 13.8 Å². The van der Waals surface area contributed by atoms with Crippen molar-refractivity contribution in [2.45, 2.75) is 46.6 Å². The Bertz CT molecular complexity index is 382. The fourth-order valence-electron chi connectivity index (χ4n) is 1.13. The molecule has 0 unspecified atom stereocenters. The van der Waals surface area contributed by atoms with Gasteiger partial charge in [0.2, 0.25) is 10.0 Å². The molecular formula is C11H24N2O4S. The fourth-order valence-corrected chi connectivity index (χ4v) is 1.97. The van der Waals surface area contributed by atoms with Crippen molar-refractivity contribution in [3.63, 3.8) is 0 Å². The predicted octanol–water partition coefficient (Wildman–Crippen LogP) is 1.22. The lowest BCUT2D eigenvalue weighted by Gasteiger charge is -2.26. The van der Waals surface area contributed by atoms with Crippen LogP contribution in [0.2, 0.25) is 0 Å². The van der Waals surface area contributed by atoms with Gasteiger partial charge in [0.15, 0.2) is 0 Å². The molecule has 0 aliphatic rings. The second kappa shape index (κ2) is 5.88. The summed E-state index contributed by atoms with van der Waals surface area (Å²) < 4.78 is 26.8. The second-order valence-corrected chi connectivity index (χ2v) is 7.87. The van der Waals surface area contributed by atoms with Gasteiger partial charge in [-0.25, -0.2) is 18.4 Å². The van der Waals surface area contributed by atoms with Gasteiger partial charge in [0.1, 0.15) is 5.60 Å². The molecule has 6 nitrogen and oxygen atoms in total. The van der Waals surface area contributed by atoms with Crippen LogP contribution in [-0.2, 0) is 14.8 Å². The Kier molecular flexibility index (Phi) is 5.61. The fraction of sp³-hybridized carbons (Fsp3) is 0.909. The molecule has 7 heteroatoms. The smallest absolute Gasteiger partial charge is 0.407 e. The number of amides is 1. The minimum absolute atomic E-state index is 0.101. The maximum absolute atomic E-state index is 11.4. The molecular weight excluding hydrogens is 256 g/mol. The van der Waals surface area contributed by atoms with E-state index >= 15 is 0 Å². The average molecular weight is 280 g/mol. The summed E-state index contributed by atoms with van der Waals surface area (Å²) in [5, 5.41) is 7.56. The lowest BCUT2D eigenvalue weighted by molar-refractivity contribution is 0.0506. The highest BCUT2D eigenvalue weighted by atomic mass is 32.2. The van der Waals surface area contributed by atoms with Gasteiger partial charge in [-0.2, -0.15) is 0 Å². The third-order valence-corrected chi connectivity index (χ3v) is 2.95. The first-order valence-corrected chi connectivity index (χ1v) is 7.50. The first-order chi connectivity index (χ1) is 7.81. The molecule has 0 atom stereocenters. The lowest BCUT2D eigenvalue weighted by Crippen LogP contribution is -2.38. The molecule has 0 aromatic carbocycles. The number of rotatable bonds is 5. The van der Waals surface area contributed by atoms with Crippen molar-refractivity contribution in [2.75, 3.05) is 12.3 Å². The molecule has 0 aromatic rings. The number of hydrogen-bond acceptors (Lipinski definition) is 4. The molecule has 0 aromatic heterocycles. The van der Waals surface area contributed by atoms with Crippen molar-refractivity contribution >= 4 is 16.1 Å². The molecule has 0 fully saturated rings. The van der Waals surface area contributed by atoms with Crippen molar-refractivity contribution in [1.29, 1.82) is 0 Å². The Morgan fingerprint density at radius 1 is 1.22 bits per heavy atom. The first-order valence-electron chi connectivity index (χ1n) is 5.78. The van der Waals surface area contributed by atoms with Gasteiger partial charge in [0.05, 0.1) is 5.75 Å². The van der Waals surface area contributed by atoms with E-state index in [2.05, 4.69) is 5.32 Å². The highest BCUT2D eigenvalue weighted by Gasteiger charge is 2.23. The van der Waals surface area contributed by atoms with E-state index in [1.807, 2.05) is 13.8 Å². The van der Waals surface area contributed by atoms with Crippen LogP contribution in [0.15, 0.2) is 0 Å². The predicted molar refractivity (Wildman–Crippen MR) is 70.6 cm³/mol. The number of hydrogen-bond donors (Lipinski definition) is 2. The van der Waals surface area contributed by atoms with Crippen molar-refractivity contribution in [2.24, 2.45) is 10.6 Å². The van der Waals surface area contributed by atoms with E-state index in [1.54, 1.807) is 20.8 Å². The number of sulfonamides is 1. The van der Waals surface area contributed by atoms with Crippen LogP contribution < -0.4 is 10.5 Å². The lowest BCUT2D eigenvalue weighted by atomic mass is 9.90. The van der Waals surface area contributed by atoms with Crippen LogP contribution in [0.3, 0.4) is 0 Å². The van der Waals surface area contributed by atoms with Crippen LogP contribution in [-0.4, -0.2) is 32.4 Å². The number of carbonyl (C=O) groups is 1. The molecule has 0 heterocycles. The molecule has 0 saturated heterocycles. The first kappa shape index (κ1) is 17.2. The van der Waals surface area contributed by atoms with Crippen LogP contribution in [0.1, 0.15) is 41.0 Å². The van der Waals surface area contributed by atoms with Crippen LogP contribution >= 0.6 is 0 Å². The van der Waals surface area contributed by atoms with Crippen molar-refractivity contribution in [3.8, 4) is 0 Å². The number of ether oxygens (including phenoxy) is 1. The zero-order valence-corrected chi connectivity index (χ0v) is 12.6. The number of nitrogens with two attached hydrogens (primary N) is 1. The van der Waals surface area contributed by atoms with Gasteiger partial charge in [-0.05, 0) is 32.6 Å². The highest BCUT2D eigenvalue weighted by Crippen LogP contribution is 2.19. The van der Waals surface area contributed by atoms with Crippen LogP contribution in [0, 0.1) is 5.41 Å². The molecule has 0 aliphatic carbocycles. The van der Waals surface area contributed by atoms with E-state index < -0.39 is 21.7 Å². The normalized spacial score (nSPS) is 13.2. The summed E-state index contributed by atoms with van der Waals surface area (Å²) in [4.78, 5) is 11.4. The Morgan fingerprint density at radius 2 is 1.72 bits per heavy atom. The summed E-state index contributed by atoms with van der Waals surface area (Å²) in [6.07, 6.45) is -0.132. The summed E-state index contributed by atoms with van der Waals surface area (Å²) in [6.45, 7) is 9.37. The number of carbonyl (C=O) groups excluding carboxylic acids is 1. The van der Waals surface area contributed by atoms with Crippen LogP contribution in [0.25, 0.3) is 0 Å². The molecule has 0 bridgehead atoms. The minimum Gasteiger partial charge on any atom is -0.444 e. The maximum atomic E-state index is 11.4. The summed E-state index contributed by atoms with van der Waals surface area (Å²) >= 11 is 0. The van der Waals surface area contributed by atoms with Gasteiger partial charge >= 0.3 is 6.09 Å². The van der Waals surface area contributed by atoms with Crippen molar-refractivity contribution in [1.82, 2.24) is 5.32 Å². The summed E-state index contributed by atoms with van der Waals surface area (Å²) in [5.74, 6) is -0.101. The SMILES string of the molecule is CC(C)(CCS(N)(=O)=O)CNC(=O)OC(C)(C)C. The second-order valence-electron chi connectivity index (χ2n) is 6.14. The summed E-state index contributed by atoms with van der Waals surface area (Å²) in [7, 11) is -3.47. The van der Waals surface area contributed by atoms with Gasteiger partial charge < -0.3 is 10.1 Å². The Labute approximate surface area is 109 Å². The molecule has 0 rings (SSSR count). The van der Waals surface area contributed by atoms with E-state index in [0.29, 0.717) is 13.0 Å².